The van der Waals surface area contributed by atoms with Crippen molar-refractivity contribution in [1.82, 2.24) is 4.90 Å². The molecule has 3 aliphatic heterocycles. The number of likely N-dealkylation sites (N-methyl/N-ethyl adjacent to an activating group) is 1. The van der Waals surface area contributed by atoms with Crippen LogP contribution in [-0.4, -0.2) is 56.3 Å². The molecular weight excluding hydrogens is 244 g/mol. The van der Waals surface area contributed by atoms with E-state index in [9.17, 15) is 9.90 Å². The van der Waals surface area contributed by atoms with Crippen LogP contribution in [0.1, 0.15) is 12.8 Å². The molecule has 0 unspecified atom stereocenters. The van der Waals surface area contributed by atoms with E-state index in [1.54, 1.807) is 0 Å². The van der Waals surface area contributed by atoms with Crippen molar-refractivity contribution < 1.29 is 19.5 Å². The lowest BCUT2D eigenvalue weighted by molar-refractivity contribution is -0.884. The highest BCUT2D eigenvalue weighted by Crippen LogP contribution is 2.46. The molecule has 0 aromatic rings. The summed E-state index contributed by atoms with van der Waals surface area (Å²) in [7, 11) is 2.19. The molecule has 2 bridgehead atoms. The van der Waals surface area contributed by atoms with Gasteiger partial charge in [0, 0.05) is 23.5 Å². The van der Waals surface area contributed by atoms with Crippen LogP contribution in [0.3, 0.4) is 0 Å². The average molecular weight is 266 g/mol. The van der Waals surface area contributed by atoms with E-state index in [2.05, 4.69) is 18.5 Å². The van der Waals surface area contributed by atoms with Crippen molar-refractivity contribution in [3.8, 4) is 0 Å². The summed E-state index contributed by atoms with van der Waals surface area (Å²) in [6.45, 7) is 8.26. The topological polar surface area (TPSA) is 57.0 Å². The van der Waals surface area contributed by atoms with E-state index >= 15 is 0 Å². The molecule has 0 amide bonds. The first-order chi connectivity index (χ1) is 9.08. The molecule has 5 nitrogen and oxygen atoms in total. The number of carboxylic acid groups (broad SMARTS) is 1. The van der Waals surface area contributed by atoms with Gasteiger partial charge in [0.25, 0.3) is 0 Å². The van der Waals surface area contributed by atoms with Crippen LogP contribution in [0.15, 0.2) is 12.3 Å². The van der Waals surface area contributed by atoms with Gasteiger partial charge in [-0.05, 0) is 12.8 Å². The first-order valence-corrected chi connectivity index (χ1v) is 7.19. The molecule has 3 aliphatic rings. The number of carbonyl (C=O) groups is 1. The van der Waals surface area contributed by atoms with Crippen molar-refractivity contribution in [2.75, 3.05) is 33.2 Å². The highest BCUT2D eigenvalue weighted by atomic mass is 16.5. The SMILES string of the molecule is C=C([C@@H]1[C@H](C(=O)[O-])[C@H]2CC[C@@H]1O2)N1CC[NH+](C)CC1. The lowest BCUT2D eigenvalue weighted by Crippen LogP contribution is -3.11. The zero-order chi connectivity index (χ0) is 13.6. The van der Waals surface area contributed by atoms with E-state index < -0.39 is 11.9 Å². The number of rotatable bonds is 3. The average Bonchev–Trinajstić information content (AvgIpc) is 2.98. The van der Waals surface area contributed by atoms with E-state index in [1.807, 2.05) is 0 Å². The Labute approximate surface area is 113 Å². The van der Waals surface area contributed by atoms with Crippen molar-refractivity contribution in [1.29, 1.82) is 0 Å². The predicted octanol–water partition coefficient (Wildman–Crippen LogP) is -2.13. The van der Waals surface area contributed by atoms with Crippen molar-refractivity contribution in [3.05, 3.63) is 12.3 Å². The fraction of sp³-hybridized carbons (Fsp3) is 0.786. The minimum absolute atomic E-state index is 0.0346. The summed E-state index contributed by atoms with van der Waals surface area (Å²) in [4.78, 5) is 15.2. The summed E-state index contributed by atoms with van der Waals surface area (Å²) in [5.74, 6) is -1.56. The number of quaternary nitrogens is 1. The summed E-state index contributed by atoms with van der Waals surface area (Å²) < 4.78 is 5.78. The molecule has 4 atom stereocenters. The van der Waals surface area contributed by atoms with Gasteiger partial charge in [0.2, 0.25) is 0 Å². The fourth-order valence-corrected chi connectivity index (χ4v) is 3.79. The summed E-state index contributed by atoms with van der Waals surface area (Å²) in [6, 6.07) is 0. The maximum atomic E-state index is 11.4. The van der Waals surface area contributed by atoms with E-state index in [0.717, 1.165) is 44.7 Å². The van der Waals surface area contributed by atoms with Crippen molar-refractivity contribution in [2.45, 2.75) is 25.0 Å². The number of fused-ring (bicyclic) bond motifs is 2. The van der Waals surface area contributed by atoms with Crippen LogP contribution in [0.4, 0.5) is 0 Å². The van der Waals surface area contributed by atoms with Gasteiger partial charge in [-0.1, -0.05) is 6.58 Å². The molecule has 3 rings (SSSR count). The number of carboxylic acids is 1. The van der Waals surface area contributed by atoms with Crippen LogP contribution in [0.2, 0.25) is 0 Å². The minimum Gasteiger partial charge on any atom is -0.550 e. The third-order valence-electron chi connectivity index (χ3n) is 4.95. The number of nitrogens with zero attached hydrogens (tertiary/aromatic N) is 1. The van der Waals surface area contributed by atoms with Gasteiger partial charge in [-0.3, -0.25) is 0 Å². The maximum absolute atomic E-state index is 11.4. The van der Waals surface area contributed by atoms with E-state index in [1.165, 1.54) is 4.90 Å². The van der Waals surface area contributed by atoms with Gasteiger partial charge in [-0.25, -0.2) is 0 Å². The van der Waals surface area contributed by atoms with Crippen molar-refractivity contribution in [2.24, 2.45) is 11.8 Å². The molecule has 0 radical (unpaired) electrons. The number of nitrogens with one attached hydrogen (secondary N) is 1. The smallest absolute Gasteiger partial charge is 0.0947 e. The molecule has 19 heavy (non-hydrogen) atoms. The zero-order valence-electron chi connectivity index (χ0n) is 11.4. The summed E-state index contributed by atoms with van der Waals surface area (Å²) in [5, 5.41) is 11.4. The molecule has 3 heterocycles. The highest BCUT2D eigenvalue weighted by Gasteiger charge is 2.51. The van der Waals surface area contributed by atoms with Crippen LogP contribution in [0.5, 0.6) is 0 Å². The molecule has 0 aliphatic carbocycles. The van der Waals surface area contributed by atoms with Gasteiger partial charge < -0.3 is 24.4 Å². The quantitative estimate of drug-likeness (QED) is 0.634. The number of hydrogen-bond acceptors (Lipinski definition) is 4. The van der Waals surface area contributed by atoms with Crippen molar-refractivity contribution in [3.63, 3.8) is 0 Å². The molecule has 0 spiro atoms. The lowest BCUT2D eigenvalue weighted by Gasteiger charge is -2.39. The number of carbonyl (C=O) groups excluding carboxylic acids is 1. The second-order valence-electron chi connectivity index (χ2n) is 6.10. The zero-order valence-corrected chi connectivity index (χ0v) is 11.4. The third kappa shape index (κ3) is 2.15. The van der Waals surface area contributed by atoms with Gasteiger partial charge in [-0.2, -0.15) is 0 Å². The lowest BCUT2D eigenvalue weighted by atomic mass is 9.77. The summed E-state index contributed by atoms with van der Waals surface area (Å²) in [6.07, 6.45) is 1.68. The van der Waals surface area contributed by atoms with Gasteiger partial charge >= 0.3 is 0 Å². The summed E-state index contributed by atoms with van der Waals surface area (Å²) >= 11 is 0. The second kappa shape index (κ2) is 4.80. The normalized spacial score (nSPS) is 38.7. The van der Waals surface area contributed by atoms with Gasteiger partial charge in [0.05, 0.1) is 45.4 Å². The van der Waals surface area contributed by atoms with Crippen LogP contribution >= 0.6 is 0 Å². The second-order valence-corrected chi connectivity index (χ2v) is 6.10. The van der Waals surface area contributed by atoms with E-state index in [4.69, 9.17) is 4.74 Å². The monoisotopic (exact) mass is 266 g/mol. The molecule has 3 saturated heterocycles. The van der Waals surface area contributed by atoms with Crippen LogP contribution in [-0.2, 0) is 9.53 Å². The largest absolute Gasteiger partial charge is 0.550 e. The van der Waals surface area contributed by atoms with Crippen molar-refractivity contribution >= 4 is 5.97 Å². The van der Waals surface area contributed by atoms with Crippen LogP contribution < -0.4 is 10.0 Å². The minimum atomic E-state index is -0.974. The first-order valence-electron chi connectivity index (χ1n) is 7.19. The maximum Gasteiger partial charge on any atom is 0.0947 e. The number of aliphatic carboxylic acids is 1. The van der Waals surface area contributed by atoms with Gasteiger partial charge in [0.15, 0.2) is 0 Å². The highest BCUT2D eigenvalue weighted by molar-refractivity contribution is 5.70. The fourth-order valence-electron chi connectivity index (χ4n) is 3.79. The number of piperazine rings is 1. The molecule has 5 heteroatoms. The Kier molecular flexibility index (Phi) is 3.27. The standard InChI is InChI=1S/C14H22N2O3/c1-9(16-7-5-15(2)6-8-16)12-10-3-4-11(19-10)13(12)14(17)18/h10-13H,1,3-8H2,2H3,(H,17,18)/t10-,11+,12-,13+/m0/s1. The number of ether oxygens (including phenoxy) is 1. The first kappa shape index (κ1) is 12.9. The molecule has 0 aromatic heterocycles. The van der Waals surface area contributed by atoms with E-state index in [-0.39, 0.29) is 18.1 Å². The number of hydrogen-bond donors (Lipinski definition) is 1. The Hall–Kier alpha value is -1.07. The molecule has 0 aromatic carbocycles. The molecular formula is C14H22N2O3. The predicted molar refractivity (Wildman–Crippen MR) is 67.2 cm³/mol. The summed E-state index contributed by atoms with van der Waals surface area (Å²) in [5.41, 5.74) is 0.953. The third-order valence-corrected chi connectivity index (χ3v) is 4.95. The molecule has 1 N–H and O–H groups in total. The van der Waals surface area contributed by atoms with Crippen LogP contribution in [0, 0.1) is 11.8 Å². The Bertz CT molecular complexity index is 390. The Balaban J connectivity index is 1.73. The Morgan fingerprint density at radius 3 is 2.42 bits per heavy atom. The van der Waals surface area contributed by atoms with Gasteiger partial charge in [-0.15, -0.1) is 0 Å². The Morgan fingerprint density at radius 2 is 1.84 bits per heavy atom. The molecule has 106 valence electrons. The Morgan fingerprint density at radius 1 is 1.26 bits per heavy atom. The molecule has 3 fully saturated rings. The molecule has 0 saturated carbocycles. The van der Waals surface area contributed by atoms with Crippen LogP contribution in [0.25, 0.3) is 0 Å². The van der Waals surface area contributed by atoms with E-state index in [0.29, 0.717) is 0 Å². The van der Waals surface area contributed by atoms with Gasteiger partial charge in [0.1, 0.15) is 0 Å².